The van der Waals surface area contributed by atoms with Gasteiger partial charge in [0.15, 0.2) is 0 Å². The Morgan fingerprint density at radius 2 is 1.92 bits per heavy atom. The molecular formula is C17H16N4O4S. The van der Waals surface area contributed by atoms with Gasteiger partial charge in [0, 0.05) is 25.1 Å². The van der Waals surface area contributed by atoms with E-state index in [1.54, 1.807) is 18.3 Å². The number of hydrogen-bond donors (Lipinski definition) is 1. The number of carbonyl (C=O) groups excluding carboxylic acids is 1. The van der Waals surface area contributed by atoms with Crippen LogP contribution in [0.2, 0.25) is 0 Å². The first-order valence-electron chi connectivity index (χ1n) is 7.72. The van der Waals surface area contributed by atoms with E-state index < -0.39 is 21.1 Å². The molecule has 0 aliphatic carbocycles. The maximum absolute atomic E-state index is 12.5. The average molecular weight is 372 g/mol. The summed E-state index contributed by atoms with van der Waals surface area (Å²) in [6, 6.07) is 12.0. The molecule has 0 saturated heterocycles. The molecule has 0 saturated carbocycles. The second-order valence-electron chi connectivity index (χ2n) is 5.64. The Bertz CT molecular complexity index is 988. The van der Waals surface area contributed by atoms with Gasteiger partial charge in [-0.25, -0.2) is 8.42 Å². The van der Waals surface area contributed by atoms with Gasteiger partial charge in [-0.15, -0.1) is 5.10 Å². The van der Waals surface area contributed by atoms with Crippen molar-refractivity contribution in [3.05, 3.63) is 71.9 Å². The molecule has 0 spiro atoms. The SMILES string of the molecule is CS(=O)(=O)c1nnc([C@H](Cc2ccccc2)NC(=O)c2cccnc2)o1. The molecule has 0 fully saturated rings. The van der Waals surface area contributed by atoms with E-state index in [1.807, 2.05) is 30.3 Å². The minimum absolute atomic E-state index is 0.0199. The van der Waals surface area contributed by atoms with Crippen molar-refractivity contribution >= 4 is 15.7 Å². The Morgan fingerprint density at radius 1 is 1.15 bits per heavy atom. The van der Waals surface area contributed by atoms with Crippen molar-refractivity contribution in [2.24, 2.45) is 0 Å². The van der Waals surface area contributed by atoms with E-state index in [9.17, 15) is 13.2 Å². The fourth-order valence-corrected chi connectivity index (χ4v) is 2.73. The molecule has 1 atom stereocenters. The second kappa shape index (κ2) is 7.44. The predicted molar refractivity (Wildman–Crippen MR) is 92.0 cm³/mol. The fraction of sp³-hybridized carbons (Fsp3) is 0.176. The zero-order chi connectivity index (χ0) is 18.6. The number of hydrogen-bond acceptors (Lipinski definition) is 7. The molecule has 26 heavy (non-hydrogen) atoms. The molecule has 2 aromatic heterocycles. The molecule has 3 aromatic rings. The third kappa shape index (κ3) is 4.31. The molecule has 2 heterocycles. The normalized spacial score (nSPS) is 12.5. The van der Waals surface area contributed by atoms with Crippen LogP contribution >= 0.6 is 0 Å². The van der Waals surface area contributed by atoms with Crippen molar-refractivity contribution in [2.75, 3.05) is 6.26 Å². The summed E-state index contributed by atoms with van der Waals surface area (Å²) in [5.41, 5.74) is 1.29. The number of sulfone groups is 1. The number of amides is 1. The molecule has 1 amide bonds. The summed E-state index contributed by atoms with van der Waals surface area (Å²) in [5.74, 6) is -0.357. The van der Waals surface area contributed by atoms with Gasteiger partial charge in [-0.3, -0.25) is 9.78 Å². The van der Waals surface area contributed by atoms with Gasteiger partial charge in [0.05, 0.1) is 5.56 Å². The predicted octanol–water partition coefficient (Wildman–Crippen LogP) is 1.58. The largest absolute Gasteiger partial charge is 0.410 e. The second-order valence-corrected chi connectivity index (χ2v) is 7.53. The van der Waals surface area contributed by atoms with Crippen LogP contribution in [0.15, 0.2) is 64.5 Å². The van der Waals surface area contributed by atoms with Crippen molar-refractivity contribution in [1.82, 2.24) is 20.5 Å². The Balaban J connectivity index is 1.89. The summed E-state index contributed by atoms with van der Waals surface area (Å²) in [4.78, 5) is 16.4. The molecule has 0 radical (unpaired) electrons. The maximum atomic E-state index is 12.5. The molecule has 8 nitrogen and oxygen atoms in total. The van der Waals surface area contributed by atoms with E-state index in [0.29, 0.717) is 12.0 Å². The van der Waals surface area contributed by atoms with Gasteiger partial charge in [0.2, 0.25) is 15.7 Å². The van der Waals surface area contributed by atoms with Gasteiger partial charge in [0.1, 0.15) is 6.04 Å². The Labute approximate surface area is 150 Å². The number of carbonyl (C=O) groups is 1. The minimum atomic E-state index is -3.63. The van der Waals surface area contributed by atoms with Crippen molar-refractivity contribution in [2.45, 2.75) is 17.7 Å². The van der Waals surface area contributed by atoms with Crippen LogP contribution in [0, 0.1) is 0 Å². The Hall–Kier alpha value is -3.07. The Kier molecular flexibility index (Phi) is 5.08. The highest BCUT2D eigenvalue weighted by Crippen LogP contribution is 2.20. The zero-order valence-corrected chi connectivity index (χ0v) is 14.7. The molecule has 3 rings (SSSR count). The quantitative estimate of drug-likeness (QED) is 0.698. The third-order valence-electron chi connectivity index (χ3n) is 3.55. The zero-order valence-electron chi connectivity index (χ0n) is 13.9. The molecule has 9 heteroatoms. The molecule has 0 unspecified atom stereocenters. The first-order valence-corrected chi connectivity index (χ1v) is 9.61. The lowest BCUT2D eigenvalue weighted by Gasteiger charge is -2.15. The lowest BCUT2D eigenvalue weighted by Crippen LogP contribution is -2.30. The number of aromatic nitrogens is 3. The molecule has 134 valence electrons. The van der Waals surface area contributed by atoms with Crippen LogP contribution in [0.4, 0.5) is 0 Å². The summed E-state index contributed by atoms with van der Waals surface area (Å²) in [5, 5.41) is 9.67. The third-order valence-corrected chi connectivity index (χ3v) is 4.35. The van der Waals surface area contributed by atoms with Crippen molar-refractivity contribution in [1.29, 1.82) is 0 Å². The number of pyridine rings is 1. The van der Waals surface area contributed by atoms with Crippen molar-refractivity contribution < 1.29 is 17.6 Å². The molecule has 0 aliphatic heterocycles. The van der Waals surface area contributed by atoms with Gasteiger partial charge in [-0.2, -0.15) is 0 Å². The summed E-state index contributed by atoms with van der Waals surface area (Å²) in [6.45, 7) is 0. The van der Waals surface area contributed by atoms with Gasteiger partial charge >= 0.3 is 5.22 Å². The summed E-state index contributed by atoms with van der Waals surface area (Å²) in [6.07, 6.45) is 4.34. The first-order chi connectivity index (χ1) is 12.4. The van der Waals surface area contributed by atoms with Gasteiger partial charge in [-0.05, 0) is 17.7 Å². The Morgan fingerprint density at radius 3 is 2.54 bits per heavy atom. The highest BCUT2D eigenvalue weighted by Gasteiger charge is 2.25. The van der Waals surface area contributed by atoms with Crippen LogP contribution in [-0.4, -0.2) is 35.8 Å². The highest BCUT2D eigenvalue weighted by molar-refractivity contribution is 7.90. The minimum Gasteiger partial charge on any atom is -0.410 e. The number of nitrogens with one attached hydrogen (secondary N) is 1. The van der Waals surface area contributed by atoms with Crippen LogP contribution < -0.4 is 5.32 Å². The maximum Gasteiger partial charge on any atom is 0.335 e. The first kappa shape index (κ1) is 17.7. The van der Waals surface area contributed by atoms with Crippen LogP contribution in [0.3, 0.4) is 0 Å². The van der Waals surface area contributed by atoms with Crippen LogP contribution in [0.25, 0.3) is 0 Å². The van der Waals surface area contributed by atoms with Crippen molar-refractivity contribution in [3.63, 3.8) is 0 Å². The lowest BCUT2D eigenvalue weighted by molar-refractivity contribution is 0.0928. The van der Waals surface area contributed by atoms with Crippen LogP contribution in [0.5, 0.6) is 0 Å². The molecule has 0 bridgehead atoms. The van der Waals surface area contributed by atoms with E-state index in [4.69, 9.17) is 4.42 Å². The standard InChI is InChI=1S/C17H16N4O4S/c1-26(23,24)17-21-20-16(25-17)14(10-12-6-3-2-4-7-12)19-15(22)13-8-5-9-18-11-13/h2-9,11,14H,10H2,1H3,(H,19,22)/t14-/m0/s1. The van der Waals surface area contributed by atoms with E-state index in [1.165, 1.54) is 6.20 Å². The van der Waals surface area contributed by atoms with Gasteiger partial charge in [0.25, 0.3) is 5.91 Å². The van der Waals surface area contributed by atoms with Crippen LogP contribution in [-0.2, 0) is 16.3 Å². The number of rotatable bonds is 6. The summed E-state index contributed by atoms with van der Waals surface area (Å²) >= 11 is 0. The van der Waals surface area contributed by atoms with Crippen LogP contribution in [0.1, 0.15) is 27.9 Å². The molecular weight excluding hydrogens is 356 g/mol. The van der Waals surface area contributed by atoms with E-state index in [2.05, 4.69) is 20.5 Å². The van der Waals surface area contributed by atoms with E-state index in [-0.39, 0.29) is 11.8 Å². The van der Waals surface area contributed by atoms with E-state index in [0.717, 1.165) is 11.8 Å². The van der Waals surface area contributed by atoms with E-state index >= 15 is 0 Å². The van der Waals surface area contributed by atoms with Gasteiger partial charge in [-0.1, -0.05) is 35.4 Å². The average Bonchev–Trinajstić information content (AvgIpc) is 3.13. The van der Waals surface area contributed by atoms with Crippen molar-refractivity contribution in [3.8, 4) is 0 Å². The topological polar surface area (TPSA) is 115 Å². The van der Waals surface area contributed by atoms with Gasteiger partial charge < -0.3 is 9.73 Å². The fourth-order valence-electron chi connectivity index (χ4n) is 2.30. The summed E-state index contributed by atoms with van der Waals surface area (Å²) < 4.78 is 28.4. The molecule has 0 aliphatic rings. The number of benzene rings is 1. The smallest absolute Gasteiger partial charge is 0.335 e. The highest BCUT2D eigenvalue weighted by atomic mass is 32.2. The molecule has 1 aromatic carbocycles. The monoisotopic (exact) mass is 372 g/mol. The summed E-state index contributed by atoms with van der Waals surface area (Å²) in [7, 11) is -3.63. The number of nitrogens with zero attached hydrogens (tertiary/aromatic N) is 3. The lowest BCUT2D eigenvalue weighted by atomic mass is 10.1. The molecule has 1 N–H and O–H groups in total.